The van der Waals surface area contributed by atoms with Crippen LogP contribution in [0.4, 0.5) is 14.5 Å². The van der Waals surface area contributed by atoms with Crippen molar-refractivity contribution in [3.8, 4) is 0 Å². The number of carbonyl (C=O) groups excluding carboxylic acids is 2. The standard InChI is InChI=1S/C14H17F2N3O2/c1-2-14(3-4-18-7-14)13(21)19-11-5-8(12(17)20)9(15)6-10(11)16/h5-6,18H,2-4,7H2,1H3,(H2,17,20)(H,19,21). The fourth-order valence-electron chi connectivity index (χ4n) is 2.49. The molecular weight excluding hydrogens is 280 g/mol. The lowest BCUT2D eigenvalue weighted by Crippen LogP contribution is -2.37. The Morgan fingerprint density at radius 2 is 2.10 bits per heavy atom. The lowest BCUT2D eigenvalue weighted by molar-refractivity contribution is -0.124. The number of benzene rings is 1. The van der Waals surface area contributed by atoms with Crippen molar-refractivity contribution in [2.24, 2.45) is 11.1 Å². The second-order valence-electron chi connectivity index (χ2n) is 5.19. The summed E-state index contributed by atoms with van der Waals surface area (Å²) in [6, 6.07) is 1.47. The number of rotatable bonds is 4. The molecule has 1 atom stereocenters. The first-order valence-corrected chi connectivity index (χ1v) is 6.70. The van der Waals surface area contributed by atoms with Gasteiger partial charge < -0.3 is 16.4 Å². The van der Waals surface area contributed by atoms with Gasteiger partial charge in [0.05, 0.1) is 16.7 Å². The largest absolute Gasteiger partial charge is 0.366 e. The molecule has 0 spiro atoms. The van der Waals surface area contributed by atoms with Crippen LogP contribution in [0.15, 0.2) is 12.1 Å². The van der Waals surface area contributed by atoms with Gasteiger partial charge in [0, 0.05) is 12.6 Å². The lowest BCUT2D eigenvalue weighted by Gasteiger charge is -2.25. The first-order valence-electron chi connectivity index (χ1n) is 6.70. The van der Waals surface area contributed by atoms with Crippen molar-refractivity contribution in [2.45, 2.75) is 19.8 Å². The van der Waals surface area contributed by atoms with Crippen LogP contribution in [0.3, 0.4) is 0 Å². The second-order valence-corrected chi connectivity index (χ2v) is 5.19. The molecule has 1 fully saturated rings. The van der Waals surface area contributed by atoms with Gasteiger partial charge in [0.25, 0.3) is 5.91 Å². The Balaban J connectivity index is 2.29. The van der Waals surface area contributed by atoms with E-state index in [9.17, 15) is 18.4 Å². The summed E-state index contributed by atoms with van der Waals surface area (Å²) in [4.78, 5) is 23.4. The molecule has 1 aromatic rings. The van der Waals surface area contributed by atoms with Gasteiger partial charge in [0.1, 0.15) is 11.6 Å². The van der Waals surface area contributed by atoms with Crippen molar-refractivity contribution >= 4 is 17.5 Å². The summed E-state index contributed by atoms with van der Waals surface area (Å²) >= 11 is 0. The smallest absolute Gasteiger partial charge is 0.251 e. The number of halogens is 2. The van der Waals surface area contributed by atoms with Gasteiger partial charge in [0.15, 0.2) is 0 Å². The van der Waals surface area contributed by atoms with Crippen LogP contribution in [-0.2, 0) is 4.79 Å². The molecule has 5 nitrogen and oxygen atoms in total. The predicted molar refractivity (Wildman–Crippen MR) is 73.7 cm³/mol. The molecule has 0 aromatic heterocycles. The van der Waals surface area contributed by atoms with Gasteiger partial charge in [-0.1, -0.05) is 6.92 Å². The fourth-order valence-corrected chi connectivity index (χ4v) is 2.49. The minimum absolute atomic E-state index is 0.241. The van der Waals surface area contributed by atoms with Crippen molar-refractivity contribution in [2.75, 3.05) is 18.4 Å². The number of hydrogen-bond donors (Lipinski definition) is 3. The SMILES string of the molecule is CCC1(C(=O)Nc2cc(C(N)=O)c(F)cc2F)CCNC1. The number of hydrogen-bond acceptors (Lipinski definition) is 3. The first-order chi connectivity index (χ1) is 9.89. The lowest BCUT2D eigenvalue weighted by atomic mass is 9.83. The minimum Gasteiger partial charge on any atom is -0.366 e. The number of anilines is 1. The summed E-state index contributed by atoms with van der Waals surface area (Å²) in [6.07, 6.45) is 1.23. The molecule has 1 saturated heterocycles. The topological polar surface area (TPSA) is 84.2 Å². The number of nitrogens with two attached hydrogens (primary N) is 1. The van der Waals surface area contributed by atoms with Gasteiger partial charge in [-0.25, -0.2) is 8.78 Å². The molecule has 1 heterocycles. The highest BCUT2D eigenvalue weighted by atomic mass is 19.1. The summed E-state index contributed by atoms with van der Waals surface area (Å²) in [5.41, 5.74) is 3.70. The zero-order chi connectivity index (χ0) is 15.6. The predicted octanol–water partition coefficient (Wildman–Crippen LogP) is 1.39. The third kappa shape index (κ3) is 2.87. The molecule has 0 radical (unpaired) electrons. The summed E-state index contributed by atoms with van der Waals surface area (Å²) in [7, 11) is 0. The summed E-state index contributed by atoms with van der Waals surface area (Å²) in [5, 5.41) is 5.53. The van der Waals surface area contributed by atoms with Crippen LogP contribution in [0, 0.1) is 17.0 Å². The highest BCUT2D eigenvalue weighted by molar-refractivity contribution is 5.98. The van der Waals surface area contributed by atoms with E-state index in [4.69, 9.17) is 5.73 Å². The van der Waals surface area contributed by atoms with E-state index in [1.165, 1.54) is 0 Å². The maximum Gasteiger partial charge on any atom is 0.251 e. The van der Waals surface area contributed by atoms with E-state index >= 15 is 0 Å². The Hall–Kier alpha value is -2.02. The molecule has 21 heavy (non-hydrogen) atoms. The molecule has 1 aliphatic rings. The van der Waals surface area contributed by atoms with Crippen LogP contribution in [0.5, 0.6) is 0 Å². The average molecular weight is 297 g/mol. The first kappa shape index (κ1) is 15.4. The van der Waals surface area contributed by atoms with E-state index in [-0.39, 0.29) is 11.6 Å². The normalized spacial score (nSPS) is 21.3. The molecule has 2 rings (SSSR count). The molecule has 1 aliphatic heterocycles. The number of amides is 2. The average Bonchev–Trinajstić information content (AvgIpc) is 2.91. The van der Waals surface area contributed by atoms with E-state index in [0.29, 0.717) is 32.0 Å². The van der Waals surface area contributed by atoms with E-state index in [0.717, 1.165) is 6.07 Å². The van der Waals surface area contributed by atoms with Gasteiger partial charge >= 0.3 is 0 Å². The molecule has 0 bridgehead atoms. The zero-order valence-corrected chi connectivity index (χ0v) is 11.6. The van der Waals surface area contributed by atoms with Crippen LogP contribution < -0.4 is 16.4 Å². The minimum atomic E-state index is -1.05. The summed E-state index contributed by atoms with van der Waals surface area (Å²) in [6.45, 7) is 3.09. The number of nitrogens with one attached hydrogen (secondary N) is 2. The Morgan fingerprint density at radius 1 is 1.38 bits per heavy atom. The Morgan fingerprint density at radius 3 is 2.62 bits per heavy atom. The maximum atomic E-state index is 13.7. The number of carbonyl (C=O) groups is 2. The highest BCUT2D eigenvalue weighted by Crippen LogP contribution is 2.31. The van der Waals surface area contributed by atoms with E-state index in [1.54, 1.807) is 0 Å². The summed E-state index contributed by atoms with van der Waals surface area (Å²) < 4.78 is 27.1. The molecule has 0 saturated carbocycles. The Bertz CT molecular complexity index is 584. The molecule has 1 unspecified atom stereocenters. The second kappa shape index (κ2) is 5.77. The zero-order valence-electron chi connectivity index (χ0n) is 11.6. The third-order valence-corrected chi connectivity index (χ3v) is 3.97. The molecular formula is C14H17F2N3O2. The highest BCUT2D eigenvalue weighted by Gasteiger charge is 2.39. The van der Waals surface area contributed by atoms with E-state index < -0.39 is 28.5 Å². The quantitative estimate of drug-likeness (QED) is 0.785. The molecule has 0 aliphatic carbocycles. The molecule has 2 amide bonds. The van der Waals surface area contributed by atoms with Crippen LogP contribution in [0.1, 0.15) is 30.1 Å². The van der Waals surface area contributed by atoms with Gasteiger partial charge in [-0.2, -0.15) is 0 Å². The van der Waals surface area contributed by atoms with Gasteiger partial charge in [0.2, 0.25) is 5.91 Å². The van der Waals surface area contributed by atoms with Crippen LogP contribution in [0.25, 0.3) is 0 Å². The van der Waals surface area contributed by atoms with Gasteiger partial charge in [-0.3, -0.25) is 9.59 Å². The summed E-state index contributed by atoms with van der Waals surface area (Å²) in [5.74, 6) is -3.36. The monoisotopic (exact) mass is 297 g/mol. The third-order valence-electron chi connectivity index (χ3n) is 3.97. The number of primary amides is 1. The van der Waals surface area contributed by atoms with Crippen molar-refractivity contribution in [3.63, 3.8) is 0 Å². The molecule has 114 valence electrons. The fraction of sp³-hybridized carbons (Fsp3) is 0.429. The molecule has 1 aromatic carbocycles. The van der Waals surface area contributed by atoms with Crippen molar-refractivity contribution in [1.29, 1.82) is 0 Å². The Labute approximate surface area is 120 Å². The van der Waals surface area contributed by atoms with Crippen LogP contribution in [0.2, 0.25) is 0 Å². The molecule has 4 N–H and O–H groups in total. The maximum absolute atomic E-state index is 13.7. The molecule has 7 heteroatoms. The van der Waals surface area contributed by atoms with Gasteiger partial charge in [-0.05, 0) is 25.5 Å². The Kier molecular flexibility index (Phi) is 4.22. The van der Waals surface area contributed by atoms with Crippen molar-refractivity contribution in [1.82, 2.24) is 5.32 Å². The van der Waals surface area contributed by atoms with Crippen LogP contribution >= 0.6 is 0 Å². The van der Waals surface area contributed by atoms with E-state index in [2.05, 4.69) is 10.6 Å². The van der Waals surface area contributed by atoms with E-state index in [1.807, 2.05) is 6.92 Å². The van der Waals surface area contributed by atoms with Crippen molar-refractivity contribution < 1.29 is 18.4 Å². The van der Waals surface area contributed by atoms with Crippen LogP contribution in [-0.4, -0.2) is 24.9 Å². The van der Waals surface area contributed by atoms with Gasteiger partial charge in [-0.15, -0.1) is 0 Å². The van der Waals surface area contributed by atoms with Crippen molar-refractivity contribution in [3.05, 3.63) is 29.3 Å².